The smallest absolute Gasteiger partial charge is 0.272 e. The highest BCUT2D eigenvalue weighted by Crippen LogP contribution is 2.20. The third-order valence-electron chi connectivity index (χ3n) is 5.43. The van der Waals surface area contributed by atoms with E-state index in [9.17, 15) is 14.4 Å². The molecule has 8 nitrogen and oxygen atoms in total. The molecule has 2 aromatic carbocycles. The summed E-state index contributed by atoms with van der Waals surface area (Å²) in [6, 6.07) is 14.4. The van der Waals surface area contributed by atoms with E-state index in [4.69, 9.17) is 4.74 Å². The van der Waals surface area contributed by atoms with Gasteiger partial charge in [-0.1, -0.05) is 31.2 Å². The van der Waals surface area contributed by atoms with Crippen LogP contribution in [0.25, 0.3) is 10.8 Å². The Morgan fingerprint density at radius 2 is 1.71 bits per heavy atom. The summed E-state index contributed by atoms with van der Waals surface area (Å²) in [5.41, 5.74) is 1.13. The lowest BCUT2D eigenvalue weighted by Crippen LogP contribution is -2.50. The number of piperazine rings is 1. The first-order valence-electron chi connectivity index (χ1n) is 10.3. The molecule has 0 spiro atoms. The van der Waals surface area contributed by atoms with Crippen LogP contribution >= 0.6 is 0 Å². The number of nitrogens with zero attached hydrogens (tertiary/aromatic N) is 3. The van der Waals surface area contributed by atoms with Crippen molar-refractivity contribution in [2.45, 2.75) is 20.0 Å². The molecule has 0 atom stereocenters. The average Bonchev–Trinajstić information content (AvgIpc) is 2.83. The second-order valence-corrected chi connectivity index (χ2v) is 7.42. The van der Waals surface area contributed by atoms with E-state index in [1.165, 1.54) is 0 Å². The summed E-state index contributed by atoms with van der Waals surface area (Å²) in [6.07, 6.45) is 0.482. The maximum atomic E-state index is 12.9. The number of carbonyl (C=O) groups excluding carboxylic acids is 2. The number of nitrogens with one attached hydrogen (secondary N) is 1. The predicted octanol–water partition coefficient (Wildman–Crippen LogP) is 2.20. The summed E-state index contributed by atoms with van der Waals surface area (Å²) in [4.78, 5) is 40.2. The molecule has 0 saturated carbocycles. The number of carbonyl (C=O) groups is 2. The van der Waals surface area contributed by atoms with Gasteiger partial charge in [0, 0.05) is 38.2 Å². The van der Waals surface area contributed by atoms with Gasteiger partial charge >= 0.3 is 0 Å². The average molecular weight is 420 g/mol. The van der Waals surface area contributed by atoms with E-state index in [1.807, 2.05) is 25.1 Å². The summed E-state index contributed by atoms with van der Waals surface area (Å²) in [7, 11) is 0. The lowest BCUT2D eigenvalue weighted by Gasteiger charge is -2.34. The molecule has 1 aliphatic heterocycles. The van der Waals surface area contributed by atoms with Crippen LogP contribution in [-0.4, -0.2) is 58.0 Å². The van der Waals surface area contributed by atoms with Crippen LogP contribution in [0, 0.1) is 0 Å². The molecule has 0 bridgehead atoms. The number of aromatic nitrogens is 2. The Kier molecular flexibility index (Phi) is 5.97. The Morgan fingerprint density at radius 1 is 1.00 bits per heavy atom. The fourth-order valence-electron chi connectivity index (χ4n) is 3.71. The first-order chi connectivity index (χ1) is 15.1. The van der Waals surface area contributed by atoms with Gasteiger partial charge in [0.1, 0.15) is 6.61 Å². The second kappa shape index (κ2) is 8.99. The van der Waals surface area contributed by atoms with E-state index in [0.29, 0.717) is 54.8 Å². The fraction of sp³-hybridized carbons (Fsp3) is 0.304. The number of hydrogen-bond donors (Lipinski definition) is 1. The Bertz CT molecular complexity index is 1170. The molecule has 3 aromatic rings. The molecule has 2 heterocycles. The van der Waals surface area contributed by atoms with Gasteiger partial charge in [-0.3, -0.25) is 14.4 Å². The minimum absolute atomic E-state index is 0.0573. The molecule has 2 amide bonds. The van der Waals surface area contributed by atoms with Gasteiger partial charge in [-0.15, -0.1) is 5.10 Å². The van der Waals surface area contributed by atoms with Crippen molar-refractivity contribution in [3.63, 3.8) is 0 Å². The predicted molar refractivity (Wildman–Crippen MR) is 116 cm³/mol. The van der Waals surface area contributed by atoms with Crippen molar-refractivity contribution >= 4 is 22.6 Å². The topological polar surface area (TPSA) is 95.6 Å². The van der Waals surface area contributed by atoms with Crippen molar-refractivity contribution in [1.82, 2.24) is 20.0 Å². The number of hydrogen-bond acceptors (Lipinski definition) is 5. The van der Waals surface area contributed by atoms with Crippen LogP contribution in [0.3, 0.4) is 0 Å². The molecule has 8 heteroatoms. The summed E-state index contributed by atoms with van der Waals surface area (Å²) in [5.74, 6) is 0.399. The van der Waals surface area contributed by atoms with E-state index in [2.05, 4.69) is 10.2 Å². The monoisotopic (exact) mass is 420 g/mol. The zero-order valence-electron chi connectivity index (χ0n) is 17.3. The molecule has 31 heavy (non-hydrogen) atoms. The summed E-state index contributed by atoms with van der Waals surface area (Å²) in [5, 5.41) is 7.61. The molecule has 1 aromatic heterocycles. The molecule has 0 unspecified atom stereocenters. The number of fused-ring (bicyclic) bond motifs is 1. The minimum Gasteiger partial charge on any atom is -0.471 e. The second-order valence-electron chi connectivity index (χ2n) is 7.42. The Hall–Kier alpha value is -3.68. The number of benzene rings is 2. The van der Waals surface area contributed by atoms with Gasteiger partial charge in [0.25, 0.3) is 11.5 Å². The van der Waals surface area contributed by atoms with Gasteiger partial charge in [0.2, 0.25) is 11.8 Å². The third kappa shape index (κ3) is 4.42. The molecular weight excluding hydrogens is 396 g/mol. The Labute approximate surface area is 179 Å². The van der Waals surface area contributed by atoms with Crippen molar-refractivity contribution in [2.24, 2.45) is 0 Å². The molecular formula is C23H24N4O4. The highest BCUT2D eigenvalue weighted by atomic mass is 16.5. The molecule has 1 fully saturated rings. The first-order valence-corrected chi connectivity index (χ1v) is 10.3. The lowest BCUT2D eigenvalue weighted by atomic mass is 10.1. The lowest BCUT2D eigenvalue weighted by molar-refractivity contribution is -0.132. The first kappa shape index (κ1) is 20.6. The Balaban J connectivity index is 1.44. The minimum atomic E-state index is -0.267. The molecule has 4 rings (SSSR count). The molecule has 1 saturated heterocycles. The van der Waals surface area contributed by atoms with E-state index in [-0.39, 0.29) is 24.0 Å². The number of amides is 2. The van der Waals surface area contributed by atoms with Gasteiger partial charge in [0.05, 0.1) is 10.8 Å². The zero-order chi connectivity index (χ0) is 21.8. The van der Waals surface area contributed by atoms with Crippen molar-refractivity contribution in [3.8, 4) is 5.88 Å². The van der Waals surface area contributed by atoms with Crippen LogP contribution < -0.4 is 10.3 Å². The van der Waals surface area contributed by atoms with Crippen LogP contribution in [0.15, 0.2) is 53.3 Å². The largest absolute Gasteiger partial charge is 0.471 e. The summed E-state index contributed by atoms with van der Waals surface area (Å²) >= 11 is 0. The maximum Gasteiger partial charge on any atom is 0.272 e. The van der Waals surface area contributed by atoms with E-state index in [1.54, 1.807) is 40.1 Å². The molecule has 0 radical (unpaired) electrons. The van der Waals surface area contributed by atoms with Crippen LogP contribution in [0.4, 0.5) is 0 Å². The van der Waals surface area contributed by atoms with Crippen LogP contribution in [0.1, 0.15) is 29.3 Å². The zero-order valence-corrected chi connectivity index (χ0v) is 17.3. The van der Waals surface area contributed by atoms with Gasteiger partial charge in [-0.05, 0) is 29.8 Å². The van der Waals surface area contributed by atoms with Gasteiger partial charge in [0.15, 0.2) is 0 Å². The third-order valence-corrected chi connectivity index (χ3v) is 5.43. The normalized spacial score (nSPS) is 14.0. The highest BCUT2D eigenvalue weighted by molar-refractivity contribution is 5.94. The maximum absolute atomic E-state index is 12.9. The van der Waals surface area contributed by atoms with Gasteiger partial charge in [-0.2, -0.15) is 0 Å². The highest BCUT2D eigenvalue weighted by Gasteiger charge is 2.24. The van der Waals surface area contributed by atoms with Crippen LogP contribution in [0.5, 0.6) is 5.88 Å². The number of H-pyrrole nitrogens is 1. The molecule has 0 aliphatic carbocycles. The quantitative estimate of drug-likeness (QED) is 0.683. The number of aromatic amines is 1. The van der Waals surface area contributed by atoms with Crippen molar-refractivity contribution < 1.29 is 14.3 Å². The molecule has 1 N–H and O–H groups in total. The molecule has 160 valence electrons. The van der Waals surface area contributed by atoms with Crippen LogP contribution in [-0.2, 0) is 11.4 Å². The number of rotatable bonds is 5. The van der Waals surface area contributed by atoms with Crippen molar-refractivity contribution in [3.05, 3.63) is 70.0 Å². The van der Waals surface area contributed by atoms with Crippen molar-refractivity contribution in [2.75, 3.05) is 26.2 Å². The Morgan fingerprint density at radius 3 is 2.45 bits per heavy atom. The van der Waals surface area contributed by atoms with E-state index in [0.717, 1.165) is 5.56 Å². The summed E-state index contributed by atoms with van der Waals surface area (Å²) in [6.45, 7) is 4.23. The van der Waals surface area contributed by atoms with Gasteiger partial charge < -0.3 is 14.5 Å². The fourth-order valence-corrected chi connectivity index (χ4v) is 3.71. The van der Waals surface area contributed by atoms with E-state index >= 15 is 0 Å². The van der Waals surface area contributed by atoms with Crippen LogP contribution in [0.2, 0.25) is 0 Å². The van der Waals surface area contributed by atoms with Crippen molar-refractivity contribution in [1.29, 1.82) is 0 Å². The standard InChI is InChI=1S/C23H24N4O4/c1-2-20(28)26-10-12-27(13-11-26)23(30)17-7-5-6-16(14-17)15-31-22-19-9-4-3-8-18(19)21(29)24-25-22/h3-9,14H,2,10-13,15H2,1H3,(H,24,29). The number of ether oxygens (including phenoxy) is 1. The van der Waals surface area contributed by atoms with Gasteiger partial charge in [-0.25, -0.2) is 5.10 Å². The molecule has 1 aliphatic rings. The SMILES string of the molecule is CCC(=O)N1CCN(C(=O)c2cccc(COc3n[nH]c(=O)c4ccccc34)c2)CC1. The van der Waals surface area contributed by atoms with E-state index < -0.39 is 0 Å². The summed E-state index contributed by atoms with van der Waals surface area (Å²) < 4.78 is 5.84.